The van der Waals surface area contributed by atoms with Gasteiger partial charge >= 0.3 is 0 Å². The minimum atomic E-state index is -3.10. The van der Waals surface area contributed by atoms with Crippen LogP contribution in [0.4, 0.5) is 5.69 Å². The standard InChI is InChI=1S/C13H20N2O2S2/c1-10(14)11-5-3-4-6-12(11)15-7-8-18-9-13(15)19(2,16)17/h3-6,10,13H,7-9,14H2,1-2H3/t10-,13?/m1/s1. The number of sulfone groups is 1. The largest absolute Gasteiger partial charge is 0.353 e. The molecule has 6 heteroatoms. The highest BCUT2D eigenvalue weighted by atomic mass is 32.2. The first-order valence-electron chi connectivity index (χ1n) is 6.29. The van der Waals surface area contributed by atoms with Gasteiger partial charge in [-0.3, -0.25) is 0 Å². The number of hydrogen-bond donors (Lipinski definition) is 1. The van der Waals surface area contributed by atoms with E-state index >= 15 is 0 Å². The second-order valence-electron chi connectivity index (χ2n) is 4.90. The molecule has 0 radical (unpaired) electrons. The fourth-order valence-corrected chi connectivity index (χ4v) is 5.18. The highest BCUT2D eigenvalue weighted by Crippen LogP contribution is 2.31. The van der Waals surface area contributed by atoms with Crippen molar-refractivity contribution < 1.29 is 8.42 Å². The van der Waals surface area contributed by atoms with Crippen LogP contribution in [0, 0.1) is 0 Å². The average molecular weight is 300 g/mol. The van der Waals surface area contributed by atoms with Crippen molar-refractivity contribution in [3.63, 3.8) is 0 Å². The smallest absolute Gasteiger partial charge is 0.169 e. The number of anilines is 1. The number of nitrogens with zero attached hydrogens (tertiary/aromatic N) is 1. The Morgan fingerprint density at radius 2 is 2.11 bits per heavy atom. The molecular weight excluding hydrogens is 280 g/mol. The maximum absolute atomic E-state index is 12.0. The molecule has 106 valence electrons. The number of rotatable bonds is 3. The molecule has 1 aliphatic heterocycles. The van der Waals surface area contributed by atoms with Crippen molar-refractivity contribution in [2.24, 2.45) is 5.73 Å². The van der Waals surface area contributed by atoms with Gasteiger partial charge in [-0.25, -0.2) is 8.42 Å². The molecule has 1 aromatic rings. The van der Waals surface area contributed by atoms with Gasteiger partial charge in [0.1, 0.15) is 5.37 Å². The molecule has 1 unspecified atom stereocenters. The highest BCUT2D eigenvalue weighted by Gasteiger charge is 2.32. The van der Waals surface area contributed by atoms with Gasteiger partial charge in [-0.15, -0.1) is 0 Å². The molecule has 0 aliphatic carbocycles. The Bertz CT molecular complexity index is 543. The van der Waals surface area contributed by atoms with Crippen molar-refractivity contribution in [2.45, 2.75) is 18.3 Å². The molecule has 19 heavy (non-hydrogen) atoms. The molecule has 0 saturated carbocycles. The molecule has 1 fully saturated rings. The van der Waals surface area contributed by atoms with Gasteiger partial charge in [-0.2, -0.15) is 11.8 Å². The summed E-state index contributed by atoms with van der Waals surface area (Å²) in [6, 6.07) is 7.71. The maximum Gasteiger partial charge on any atom is 0.169 e. The summed E-state index contributed by atoms with van der Waals surface area (Å²) in [6.07, 6.45) is 1.31. The quantitative estimate of drug-likeness (QED) is 0.919. The van der Waals surface area contributed by atoms with Gasteiger partial charge in [0.15, 0.2) is 9.84 Å². The SMILES string of the molecule is C[C@@H](N)c1ccccc1N1CCSCC1S(C)(=O)=O. The number of hydrogen-bond acceptors (Lipinski definition) is 5. The van der Waals surface area contributed by atoms with Crippen LogP contribution in [0.25, 0.3) is 0 Å². The molecule has 1 aromatic carbocycles. The van der Waals surface area contributed by atoms with Crippen LogP contribution in [0.2, 0.25) is 0 Å². The van der Waals surface area contributed by atoms with E-state index in [-0.39, 0.29) is 6.04 Å². The van der Waals surface area contributed by atoms with E-state index in [9.17, 15) is 8.42 Å². The molecule has 4 nitrogen and oxygen atoms in total. The molecule has 0 aromatic heterocycles. The van der Waals surface area contributed by atoms with Crippen molar-refractivity contribution in [3.05, 3.63) is 29.8 Å². The Hall–Kier alpha value is -0.720. The lowest BCUT2D eigenvalue weighted by Crippen LogP contribution is -2.47. The van der Waals surface area contributed by atoms with Gasteiger partial charge in [0.05, 0.1) is 0 Å². The van der Waals surface area contributed by atoms with Gasteiger partial charge in [0, 0.05) is 36.0 Å². The van der Waals surface area contributed by atoms with Crippen LogP contribution in [0.15, 0.2) is 24.3 Å². The van der Waals surface area contributed by atoms with E-state index in [1.165, 1.54) is 6.26 Å². The molecule has 2 N–H and O–H groups in total. The van der Waals surface area contributed by atoms with Gasteiger partial charge in [-0.05, 0) is 18.6 Å². The number of para-hydroxylation sites is 1. The predicted molar refractivity (Wildman–Crippen MR) is 82.3 cm³/mol. The van der Waals surface area contributed by atoms with E-state index < -0.39 is 15.2 Å². The fraction of sp³-hybridized carbons (Fsp3) is 0.538. The van der Waals surface area contributed by atoms with Gasteiger partial charge < -0.3 is 10.6 Å². The Labute approximate surface area is 119 Å². The van der Waals surface area contributed by atoms with Crippen molar-refractivity contribution in [3.8, 4) is 0 Å². The molecule has 1 heterocycles. The van der Waals surface area contributed by atoms with Crippen molar-refractivity contribution in [1.82, 2.24) is 0 Å². The van der Waals surface area contributed by atoms with Crippen molar-refractivity contribution in [2.75, 3.05) is 29.2 Å². The topological polar surface area (TPSA) is 63.4 Å². The lowest BCUT2D eigenvalue weighted by molar-refractivity contribution is 0.584. The van der Waals surface area contributed by atoms with Crippen LogP contribution in [0.5, 0.6) is 0 Å². The summed E-state index contributed by atoms with van der Waals surface area (Å²) in [4.78, 5) is 1.99. The Balaban J connectivity index is 2.44. The van der Waals surface area contributed by atoms with Crippen LogP contribution in [0.1, 0.15) is 18.5 Å². The Morgan fingerprint density at radius 3 is 2.74 bits per heavy atom. The summed E-state index contributed by atoms with van der Waals surface area (Å²) >= 11 is 1.69. The van der Waals surface area contributed by atoms with E-state index in [4.69, 9.17) is 5.73 Å². The lowest BCUT2D eigenvalue weighted by atomic mass is 10.1. The van der Waals surface area contributed by atoms with Crippen LogP contribution < -0.4 is 10.6 Å². The normalized spacial score (nSPS) is 22.3. The zero-order chi connectivity index (χ0) is 14.0. The van der Waals surface area contributed by atoms with Crippen LogP contribution in [0.3, 0.4) is 0 Å². The molecule has 1 saturated heterocycles. The summed E-state index contributed by atoms with van der Waals surface area (Å²) in [5, 5.41) is -0.453. The summed E-state index contributed by atoms with van der Waals surface area (Å²) in [6.45, 7) is 2.67. The first kappa shape index (κ1) is 14.7. The number of benzene rings is 1. The molecule has 2 rings (SSSR count). The number of nitrogens with two attached hydrogens (primary N) is 1. The zero-order valence-electron chi connectivity index (χ0n) is 11.2. The first-order valence-corrected chi connectivity index (χ1v) is 9.40. The van der Waals surface area contributed by atoms with Crippen molar-refractivity contribution >= 4 is 27.3 Å². The van der Waals surface area contributed by atoms with Crippen LogP contribution in [-0.2, 0) is 9.84 Å². The summed E-state index contributed by atoms with van der Waals surface area (Å²) < 4.78 is 23.9. The average Bonchev–Trinajstić information content (AvgIpc) is 2.37. The first-order chi connectivity index (χ1) is 8.91. The third-order valence-corrected chi connectivity index (χ3v) is 5.96. The number of thioether (sulfide) groups is 1. The van der Waals surface area contributed by atoms with E-state index in [2.05, 4.69) is 0 Å². The van der Waals surface area contributed by atoms with Gasteiger partial charge in [0.2, 0.25) is 0 Å². The predicted octanol–water partition coefficient (Wildman–Crippen LogP) is 1.63. The molecule has 0 amide bonds. The molecule has 2 atom stereocenters. The molecule has 0 spiro atoms. The minimum Gasteiger partial charge on any atom is -0.353 e. The highest BCUT2D eigenvalue weighted by molar-refractivity contribution is 8.01. The summed E-state index contributed by atoms with van der Waals surface area (Å²) in [5.41, 5.74) is 7.95. The van der Waals surface area contributed by atoms with Gasteiger partial charge in [0.25, 0.3) is 0 Å². The van der Waals surface area contributed by atoms with Gasteiger partial charge in [-0.1, -0.05) is 18.2 Å². The zero-order valence-corrected chi connectivity index (χ0v) is 12.9. The van der Waals surface area contributed by atoms with Crippen LogP contribution in [-0.4, -0.2) is 38.1 Å². The maximum atomic E-state index is 12.0. The molecular formula is C13H20N2O2S2. The molecule has 1 aliphatic rings. The Morgan fingerprint density at radius 1 is 1.42 bits per heavy atom. The summed E-state index contributed by atoms with van der Waals surface area (Å²) in [5.74, 6) is 1.56. The monoisotopic (exact) mass is 300 g/mol. The third-order valence-electron chi connectivity index (χ3n) is 3.32. The Kier molecular flexibility index (Phi) is 4.43. The lowest BCUT2D eigenvalue weighted by Gasteiger charge is -2.37. The van der Waals surface area contributed by atoms with E-state index in [1.807, 2.05) is 36.1 Å². The fourth-order valence-electron chi connectivity index (χ4n) is 2.35. The second kappa shape index (κ2) is 5.73. The van der Waals surface area contributed by atoms with E-state index in [0.717, 1.165) is 23.5 Å². The molecule has 0 bridgehead atoms. The second-order valence-corrected chi connectivity index (χ2v) is 8.25. The minimum absolute atomic E-state index is 0.106. The third kappa shape index (κ3) is 3.24. The van der Waals surface area contributed by atoms with Crippen molar-refractivity contribution in [1.29, 1.82) is 0 Å². The van der Waals surface area contributed by atoms with E-state index in [1.54, 1.807) is 11.8 Å². The van der Waals surface area contributed by atoms with Crippen LogP contribution >= 0.6 is 11.8 Å². The van der Waals surface area contributed by atoms with E-state index in [0.29, 0.717) is 5.75 Å². The summed E-state index contributed by atoms with van der Waals surface area (Å²) in [7, 11) is -3.10.